The Hall–Kier alpha value is -1.82. The predicted octanol–water partition coefficient (Wildman–Crippen LogP) is 1.47. The Labute approximate surface area is 117 Å². The van der Waals surface area contributed by atoms with Crippen LogP contribution in [0.4, 0.5) is 0 Å². The Morgan fingerprint density at radius 3 is 2.70 bits per heavy atom. The van der Waals surface area contributed by atoms with Gasteiger partial charge in [0.2, 0.25) is 0 Å². The van der Waals surface area contributed by atoms with E-state index in [1.807, 2.05) is 24.4 Å². The van der Waals surface area contributed by atoms with E-state index in [1.165, 1.54) is 0 Å². The van der Waals surface area contributed by atoms with Crippen LogP contribution in [0.25, 0.3) is 10.9 Å². The van der Waals surface area contributed by atoms with Crippen LogP contribution in [0.2, 0.25) is 0 Å². The lowest BCUT2D eigenvalue weighted by atomic mass is 10.1. The normalized spacial score (nSPS) is 19.0. The van der Waals surface area contributed by atoms with Crippen LogP contribution in [-0.4, -0.2) is 36.9 Å². The third-order valence-corrected chi connectivity index (χ3v) is 5.42. The molecule has 1 aliphatic rings. The molecule has 0 saturated carbocycles. The zero-order chi connectivity index (χ0) is 14.2. The average Bonchev–Trinajstić information content (AvgIpc) is 2.88. The van der Waals surface area contributed by atoms with Crippen molar-refractivity contribution in [3.63, 3.8) is 0 Å². The monoisotopic (exact) mass is 292 g/mol. The lowest BCUT2D eigenvalue weighted by molar-refractivity contribution is 0.0934. The number of H-pyrrole nitrogens is 1. The molecule has 2 heterocycles. The summed E-state index contributed by atoms with van der Waals surface area (Å²) in [5.41, 5.74) is 1.51. The molecule has 0 unspecified atom stereocenters. The van der Waals surface area contributed by atoms with Gasteiger partial charge in [0.1, 0.15) is 9.84 Å². The highest BCUT2D eigenvalue weighted by Crippen LogP contribution is 2.16. The molecule has 5 nitrogen and oxygen atoms in total. The van der Waals surface area contributed by atoms with Gasteiger partial charge >= 0.3 is 0 Å². The van der Waals surface area contributed by atoms with E-state index >= 15 is 0 Å². The number of aromatic amines is 1. The zero-order valence-corrected chi connectivity index (χ0v) is 11.7. The van der Waals surface area contributed by atoms with Crippen molar-refractivity contribution in [1.29, 1.82) is 0 Å². The van der Waals surface area contributed by atoms with Crippen molar-refractivity contribution in [2.45, 2.75) is 18.9 Å². The quantitative estimate of drug-likeness (QED) is 0.880. The molecule has 2 N–H and O–H groups in total. The number of sulfone groups is 1. The number of benzene rings is 1. The van der Waals surface area contributed by atoms with Crippen LogP contribution >= 0.6 is 0 Å². The highest BCUT2D eigenvalue weighted by atomic mass is 32.2. The van der Waals surface area contributed by atoms with E-state index in [0.29, 0.717) is 18.4 Å². The Bertz CT molecular complexity index is 735. The van der Waals surface area contributed by atoms with Crippen LogP contribution < -0.4 is 5.32 Å². The maximum Gasteiger partial charge on any atom is 0.251 e. The highest BCUT2D eigenvalue weighted by molar-refractivity contribution is 7.91. The predicted molar refractivity (Wildman–Crippen MR) is 77.4 cm³/mol. The van der Waals surface area contributed by atoms with Gasteiger partial charge in [-0.3, -0.25) is 4.79 Å². The van der Waals surface area contributed by atoms with Gasteiger partial charge in [0.15, 0.2) is 0 Å². The summed E-state index contributed by atoms with van der Waals surface area (Å²) < 4.78 is 22.7. The number of aromatic nitrogens is 1. The van der Waals surface area contributed by atoms with Gasteiger partial charge in [-0.15, -0.1) is 0 Å². The lowest BCUT2D eigenvalue weighted by Gasteiger charge is -2.23. The number of amides is 1. The molecule has 1 fully saturated rings. The van der Waals surface area contributed by atoms with E-state index in [1.54, 1.807) is 6.07 Å². The van der Waals surface area contributed by atoms with Crippen LogP contribution in [0, 0.1) is 0 Å². The Morgan fingerprint density at radius 2 is 1.95 bits per heavy atom. The number of hydrogen-bond acceptors (Lipinski definition) is 3. The molecule has 1 saturated heterocycles. The van der Waals surface area contributed by atoms with Gasteiger partial charge in [0, 0.05) is 23.3 Å². The van der Waals surface area contributed by atoms with Crippen molar-refractivity contribution in [3.8, 4) is 0 Å². The second kappa shape index (κ2) is 4.94. The molecule has 3 rings (SSSR count). The fourth-order valence-electron chi connectivity index (χ4n) is 2.49. The summed E-state index contributed by atoms with van der Waals surface area (Å²) in [6, 6.07) is 7.38. The number of nitrogens with one attached hydrogen (secondary N) is 2. The van der Waals surface area contributed by atoms with E-state index in [2.05, 4.69) is 10.3 Å². The van der Waals surface area contributed by atoms with Crippen molar-refractivity contribution >= 4 is 26.6 Å². The molecule has 0 aliphatic carbocycles. The highest BCUT2D eigenvalue weighted by Gasteiger charge is 2.24. The molecule has 1 aliphatic heterocycles. The Kier molecular flexibility index (Phi) is 3.25. The van der Waals surface area contributed by atoms with Gasteiger partial charge in [0.05, 0.1) is 11.5 Å². The van der Waals surface area contributed by atoms with Crippen molar-refractivity contribution in [2.75, 3.05) is 11.5 Å². The van der Waals surface area contributed by atoms with Crippen molar-refractivity contribution in [3.05, 3.63) is 36.0 Å². The van der Waals surface area contributed by atoms with E-state index in [-0.39, 0.29) is 23.5 Å². The first-order valence-corrected chi connectivity index (χ1v) is 8.44. The third-order valence-electron chi connectivity index (χ3n) is 3.71. The SMILES string of the molecule is O=C(NC1CCS(=O)(=O)CC1)c1ccc2cc[nH]c2c1. The summed E-state index contributed by atoms with van der Waals surface area (Å²) in [4.78, 5) is 15.2. The fraction of sp³-hybridized carbons (Fsp3) is 0.357. The number of fused-ring (bicyclic) bond motifs is 1. The topological polar surface area (TPSA) is 79.0 Å². The summed E-state index contributed by atoms with van der Waals surface area (Å²) in [6.07, 6.45) is 2.83. The maximum atomic E-state index is 12.2. The summed E-state index contributed by atoms with van der Waals surface area (Å²) in [7, 11) is -2.89. The largest absolute Gasteiger partial charge is 0.361 e. The molecule has 2 aromatic rings. The van der Waals surface area contributed by atoms with Crippen LogP contribution in [-0.2, 0) is 9.84 Å². The first-order valence-electron chi connectivity index (χ1n) is 6.62. The average molecular weight is 292 g/mol. The molecule has 0 spiro atoms. The minimum absolute atomic E-state index is 0.0506. The standard InChI is InChI=1S/C14H16N2O3S/c17-14(16-12-4-7-20(18,19)8-5-12)11-2-1-10-3-6-15-13(10)9-11/h1-3,6,9,12,15H,4-5,7-8H2,(H,16,17). The van der Waals surface area contributed by atoms with Crippen LogP contribution in [0.1, 0.15) is 23.2 Å². The van der Waals surface area contributed by atoms with E-state index in [0.717, 1.165) is 10.9 Å². The third kappa shape index (κ3) is 2.70. The molecule has 20 heavy (non-hydrogen) atoms. The maximum absolute atomic E-state index is 12.2. The fourth-order valence-corrected chi connectivity index (χ4v) is 3.98. The smallest absolute Gasteiger partial charge is 0.251 e. The first kappa shape index (κ1) is 13.2. The van der Waals surface area contributed by atoms with Gasteiger partial charge in [-0.25, -0.2) is 8.42 Å². The summed E-state index contributed by atoms with van der Waals surface area (Å²) in [5, 5.41) is 3.97. The van der Waals surface area contributed by atoms with E-state index < -0.39 is 9.84 Å². The second-order valence-electron chi connectivity index (χ2n) is 5.18. The molecule has 0 radical (unpaired) electrons. The minimum atomic E-state index is -2.89. The first-order chi connectivity index (χ1) is 9.53. The summed E-state index contributed by atoms with van der Waals surface area (Å²) >= 11 is 0. The summed E-state index contributed by atoms with van der Waals surface area (Å²) in [5.74, 6) is 0.173. The number of carbonyl (C=O) groups excluding carboxylic acids is 1. The molecular formula is C14H16N2O3S. The van der Waals surface area contributed by atoms with Gasteiger partial charge < -0.3 is 10.3 Å². The Balaban J connectivity index is 1.70. The number of carbonyl (C=O) groups is 1. The number of hydrogen-bond donors (Lipinski definition) is 2. The van der Waals surface area contributed by atoms with E-state index in [9.17, 15) is 13.2 Å². The van der Waals surface area contributed by atoms with Crippen molar-refractivity contribution in [2.24, 2.45) is 0 Å². The molecule has 1 amide bonds. The van der Waals surface area contributed by atoms with Crippen LogP contribution in [0.5, 0.6) is 0 Å². The van der Waals surface area contributed by atoms with Gasteiger partial charge in [-0.2, -0.15) is 0 Å². The van der Waals surface area contributed by atoms with Crippen LogP contribution in [0.15, 0.2) is 30.5 Å². The second-order valence-corrected chi connectivity index (χ2v) is 7.48. The van der Waals surface area contributed by atoms with Crippen molar-refractivity contribution in [1.82, 2.24) is 10.3 Å². The Morgan fingerprint density at radius 1 is 1.20 bits per heavy atom. The molecule has 106 valence electrons. The van der Waals surface area contributed by atoms with Crippen LogP contribution in [0.3, 0.4) is 0 Å². The summed E-state index contributed by atoms with van der Waals surface area (Å²) in [6.45, 7) is 0. The molecule has 6 heteroatoms. The van der Waals surface area contributed by atoms with Gasteiger partial charge in [-0.1, -0.05) is 6.07 Å². The zero-order valence-electron chi connectivity index (χ0n) is 10.9. The van der Waals surface area contributed by atoms with Crippen molar-refractivity contribution < 1.29 is 13.2 Å². The molecule has 0 bridgehead atoms. The van der Waals surface area contributed by atoms with Gasteiger partial charge in [0.25, 0.3) is 5.91 Å². The number of rotatable bonds is 2. The molecule has 0 atom stereocenters. The molecule has 1 aromatic heterocycles. The lowest BCUT2D eigenvalue weighted by Crippen LogP contribution is -2.40. The minimum Gasteiger partial charge on any atom is -0.361 e. The molecule has 1 aromatic carbocycles. The van der Waals surface area contributed by atoms with E-state index in [4.69, 9.17) is 0 Å². The molecular weight excluding hydrogens is 276 g/mol. The van der Waals surface area contributed by atoms with Gasteiger partial charge in [-0.05, 0) is 36.4 Å².